The number of carbonyl (C=O) groups excluding carboxylic acids is 3. The van der Waals surface area contributed by atoms with Gasteiger partial charge in [-0.2, -0.15) is 0 Å². The fraction of sp³-hybridized carbons (Fsp3) is 0.171. The molecule has 1 fully saturated rings. The van der Waals surface area contributed by atoms with E-state index in [1.54, 1.807) is 42.5 Å². The number of hydrogen-bond acceptors (Lipinski definition) is 6. The molecule has 0 bridgehead atoms. The highest BCUT2D eigenvalue weighted by molar-refractivity contribution is 6.16. The molecule has 0 aromatic heterocycles. The quantitative estimate of drug-likeness (QED) is 0.308. The molecule has 42 heavy (non-hydrogen) atoms. The molecule has 0 radical (unpaired) electrons. The van der Waals surface area contributed by atoms with Crippen LogP contribution in [0.4, 0.5) is 5.69 Å². The molecule has 0 saturated carbocycles. The molecule has 1 saturated heterocycles. The van der Waals surface area contributed by atoms with E-state index in [0.29, 0.717) is 33.9 Å². The summed E-state index contributed by atoms with van der Waals surface area (Å²) in [5, 5.41) is 3.07. The summed E-state index contributed by atoms with van der Waals surface area (Å²) in [5.41, 5.74) is 2.63. The van der Waals surface area contributed by atoms with E-state index in [4.69, 9.17) is 9.47 Å². The second-order valence-corrected chi connectivity index (χ2v) is 10.7. The van der Waals surface area contributed by atoms with Crippen LogP contribution >= 0.6 is 0 Å². The van der Waals surface area contributed by atoms with Crippen LogP contribution < -0.4 is 14.8 Å². The number of para-hydroxylation sites is 1. The van der Waals surface area contributed by atoms with E-state index in [1.807, 2.05) is 71.8 Å². The lowest BCUT2D eigenvalue weighted by Gasteiger charge is -2.38. The fourth-order valence-corrected chi connectivity index (χ4v) is 7.11. The van der Waals surface area contributed by atoms with Crippen LogP contribution in [0.2, 0.25) is 0 Å². The first-order valence-electron chi connectivity index (χ1n) is 13.8. The summed E-state index contributed by atoms with van der Waals surface area (Å²) in [4.78, 5) is 45.9. The summed E-state index contributed by atoms with van der Waals surface area (Å²) >= 11 is 0. The Bertz CT molecular complexity index is 1780. The third-order valence-corrected chi connectivity index (χ3v) is 8.85. The minimum absolute atomic E-state index is 0.262. The van der Waals surface area contributed by atoms with Gasteiger partial charge >= 0.3 is 0 Å². The number of hydrogen-bond donors (Lipinski definition) is 1. The van der Waals surface area contributed by atoms with E-state index in [1.165, 1.54) is 14.2 Å². The zero-order valence-corrected chi connectivity index (χ0v) is 23.1. The number of nitrogens with one attached hydrogen (secondary N) is 1. The third kappa shape index (κ3) is 3.49. The van der Waals surface area contributed by atoms with Gasteiger partial charge < -0.3 is 19.7 Å². The summed E-state index contributed by atoms with van der Waals surface area (Å²) in [6.45, 7) is 0. The first kappa shape index (κ1) is 25.8. The summed E-state index contributed by atoms with van der Waals surface area (Å²) < 4.78 is 10.9. The van der Waals surface area contributed by atoms with Crippen LogP contribution in [-0.2, 0) is 10.2 Å². The van der Waals surface area contributed by atoms with Gasteiger partial charge in [0.1, 0.15) is 11.5 Å². The van der Waals surface area contributed by atoms with Gasteiger partial charge in [-0.25, -0.2) is 0 Å². The van der Waals surface area contributed by atoms with Crippen molar-refractivity contribution < 1.29 is 23.9 Å². The molecular formula is C35H28N2O5. The van der Waals surface area contributed by atoms with E-state index < -0.39 is 23.4 Å². The van der Waals surface area contributed by atoms with Crippen LogP contribution in [0, 0.1) is 5.92 Å². The molecule has 7 nitrogen and oxygen atoms in total. The number of Topliss-reactive ketones (excluding diaryl/α,β-unsaturated/α-hetero) is 2. The number of benzene rings is 4. The molecule has 3 aliphatic rings. The predicted octanol–water partition coefficient (Wildman–Crippen LogP) is 5.69. The number of rotatable bonds is 6. The van der Waals surface area contributed by atoms with Crippen molar-refractivity contribution in [1.29, 1.82) is 0 Å². The Morgan fingerprint density at radius 3 is 2.29 bits per heavy atom. The number of fused-ring (bicyclic) bond motifs is 6. The maximum absolute atomic E-state index is 14.8. The van der Waals surface area contributed by atoms with Crippen molar-refractivity contribution in [2.45, 2.75) is 17.5 Å². The highest BCUT2D eigenvalue weighted by Crippen LogP contribution is 2.62. The average Bonchev–Trinajstić information content (AvgIpc) is 3.52. The zero-order chi connectivity index (χ0) is 29.0. The van der Waals surface area contributed by atoms with Gasteiger partial charge in [0, 0.05) is 23.0 Å². The first-order valence-corrected chi connectivity index (χ1v) is 13.8. The van der Waals surface area contributed by atoms with Crippen LogP contribution in [-0.4, -0.2) is 42.6 Å². The van der Waals surface area contributed by atoms with Crippen molar-refractivity contribution in [2.75, 3.05) is 19.5 Å². The highest BCUT2D eigenvalue weighted by atomic mass is 16.5. The molecular weight excluding hydrogens is 528 g/mol. The van der Waals surface area contributed by atoms with Crippen molar-refractivity contribution >= 4 is 29.2 Å². The smallest absolute Gasteiger partial charge is 0.238 e. The number of amides is 1. The molecule has 208 valence electrons. The van der Waals surface area contributed by atoms with Gasteiger partial charge in [0.15, 0.2) is 23.1 Å². The molecule has 1 N–H and O–H groups in total. The normalized spacial score (nSPS) is 23.1. The molecule has 7 heteroatoms. The lowest BCUT2D eigenvalue weighted by Crippen LogP contribution is -2.49. The number of ketones is 2. The van der Waals surface area contributed by atoms with Gasteiger partial charge in [0.05, 0.1) is 26.2 Å². The van der Waals surface area contributed by atoms with Crippen LogP contribution in [0.15, 0.2) is 103 Å². The number of carbonyl (C=O) groups is 3. The molecule has 0 aliphatic carbocycles. The fourth-order valence-electron chi connectivity index (χ4n) is 7.11. The van der Waals surface area contributed by atoms with Crippen molar-refractivity contribution in [1.82, 2.24) is 4.90 Å². The Balaban J connectivity index is 1.52. The molecule has 1 amide bonds. The topological polar surface area (TPSA) is 84.9 Å². The van der Waals surface area contributed by atoms with Gasteiger partial charge in [-0.05, 0) is 47.0 Å². The van der Waals surface area contributed by atoms with E-state index in [2.05, 4.69) is 5.32 Å². The van der Waals surface area contributed by atoms with Gasteiger partial charge in [-0.3, -0.25) is 14.4 Å². The van der Waals surface area contributed by atoms with Crippen LogP contribution in [0.25, 0.3) is 6.08 Å². The zero-order valence-electron chi connectivity index (χ0n) is 23.1. The lowest BCUT2D eigenvalue weighted by molar-refractivity contribution is -0.122. The monoisotopic (exact) mass is 556 g/mol. The largest absolute Gasteiger partial charge is 0.493 e. The molecule has 4 atom stereocenters. The number of anilines is 1. The SMILES string of the molecule is COc1ccc(C(=O)C2C(C(=O)c3ccccc3)C3(C(=O)Nc4ccccc43)C3c4ccccc4C=CN23)cc1OC. The third-order valence-electron chi connectivity index (χ3n) is 8.85. The average molecular weight is 557 g/mol. The molecule has 4 aromatic carbocycles. The van der Waals surface area contributed by atoms with Crippen molar-refractivity contribution in [2.24, 2.45) is 5.92 Å². The van der Waals surface area contributed by atoms with Gasteiger partial charge in [0.2, 0.25) is 5.91 Å². The van der Waals surface area contributed by atoms with Crippen LogP contribution in [0.3, 0.4) is 0 Å². The molecule has 3 heterocycles. The minimum Gasteiger partial charge on any atom is -0.493 e. The van der Waals surface area contributed by atoms with Crippen molar-refractivity contribution in [3.63, 3.8) is 0 Å². The van der Waals surface area contributed by atoms with Gasteiger partial charge in [-0.15, -0.1) is 0 Å². The Kier molecular flexibility index (Phi) is 5.97. The Morgan fingerprint density at radius 2 is 1.50 bits per heavy atom. The Labute approximate surface area is 243 Å². The van der Waals surface area contributed by atoms with E-state index in [0.717, 1.165) is 11.1 Å². The summed E-state index contributed by atoms with van der Waals surface area (Å²) in [6, 6.07) is 27.7. The summed E-state index contributed by atoms with van der Waals surface area (Å²) in [5.74, 6) is -0.981. The Morgan fingerprint density at radius 1 is 0.786 bits per heavy atom. The summed E-state index contributed by atoms with van der Waals surface area (Å²) in [6.07, 6.45) is 3.81. The second kappa shape index (κ2) is 9.73. The highest BCUT2D eigenvalue weighted by Gasteiger charge is 2.70. The molecule has 4 aromatic rings. The molecule has 4 unspecified atom stereocenters. The van der Waals surface area contributed by atoms with Crippen LogP contribution in [0.5, 0.6) is 11.5 Å². The van der Waals surface area contributed by atoms with Gasteiger partial charge in [0.25, 0.3) is 0 Å². The minimum atomic E-state index is -1.37. The molecule has 3 aliphatic heterocycles. The Hall–Kier alpha value is -5.17. The van der Waals surface area contributed by atoms with Crippen molar-refractivity contribution in [3.8, 4) is 11.5 Å². The number of methoxy groups -OCH3 is 2. The van der Waals surface area contributed by atoms with Gasteiger partial charge in [-0.1, -0.05) is 72.8 Å². The number of nitrogens with zero attached hydrogens (tertiary/aromatic N) is 1. The number of ether oxygens (including phenoxy) is 2. The predicted molar refractivity (Wildman–Crippen MR) is 159 cm³/mol. The van der Waals surface area contributed by atoms with E-state index in [-0.39, 0.29) is 17.5 Å². The van der Waals surface area contributed by atoms with E-state index >= 15 is 0 Å². The van der Waals surface area contributed by atoms with Crippen molar-refractivity contribution in [3.05, 3.63) is 131 Å². The maximum Gasteiger partial charge on any atom is 0.238 e. The molecule has 7 rings (SSSR count). The first-order chi connectivity index (χ1) is 20.5. The standard InChI is InChI=1S/C35H28N2O5/c1-41-27-17-16-23(20-28(27)42-2)32(39)30-29(31(38)22-11-4-3-5-12-22)35(25-14-8-9-15-26(25)36-34(35)40)33-24-13-7-6-10-21(24)18-19-37(30)33/h3-20,29-30,33H,1-2H3,(H,36,40). The summed E-state index contributed by atoms with van der Waals surface area (Å²) in [7, 11) is 3.05. The maximum atomic E-state index is 14.8. The van der Waals surface area contributed by atoms with Crippen LogP contribution in [0.1, 0.15) is 43.4 Å². The van der Waals surface area contributed by atoms with E-state index in [9.17, 15) is 14.4 Å². The lowest BCUT2D eigenvalue weighted by atomic mass is 9.62. The second-order valence-electron chi connectivity index (χ2n) is 10.7. The molecule has 1 spiro atoms.